The SMILES string of the molecule is COc1cc(COC(=O)N(C)CCCC[C@H](N)C(=O)O)c([N+](=O)[O-])cc1OC. The van der Waals surface area contributed by atoms with Gasteiger partial charge in [0.15, 0.2) is 11.5 Å². The lowest BCUT2D eigenvalue weighted by Crippen LogP contribution is -2.31. The molecule has 156 valence electrons. The number of benzene rings is 1. The Labute approximate surface area is 162 Å². The van der Waals surface area contributed by atoms with E-state index in [-0.39, 0.29) is 29.4 Å². The average Bonchev–Trinajstić information content (AvgIpc) is 2.67. The third-order valence-corrected chi connectivity index (χ3v) is 4.02. The van der Waals surface area contributed by atoms with E-state index < -0.39 is 23.0 Å². The highest BCUT2D eigenvalue weighted by atomic mass is 16.6. The fraction of sp³-hybridized carbons (Fsp3) is 0.529. The fourth-order valence-corrected chi connectivity index (χ4v) is 2.37. The molecule has 0 aromatic heterocycles. The summed E-state index contributed by atoms with van der Waals surface area (Å²) in [7, 11) is 4.27. The second kappa shape index (κ2) is 10.9. The number of carbonyl (C=O) groups excluding carboxylic acids is 1. The molecule has 11 heteroatoms. The van der Waals surface area contributed by atoms with Crippen LogP contribution >= 0.6 is 0 Å². The summed E-state index contributed by atoms with van der Waals surface area (Å²) in [4.78, 5) is 34.7. The lowest BCUT2D eigenvalue weighted by atomic mass is 10.1. The molecular weight excluding hydrogens is 374 g/mol. The summed E-state index contributed by atoms with van der Waals surface area (Å²) in [6.45, 7) is 0.0168. The van der Waals surface area contributed by atoms with Crippen molar-refractivity contribution in [3.8, 4) is 11.5 Å². The zero-order chi connectivity index (χ0) is 21.3. The van der Waals surface area contributed by atoms with Crippen LogP contribution in [0.15, 0.2) is 12.1 Å². The molecule has 1 aromatic carbocycles. The van der Waals surface area contributed by atoms with Crippen LogP contribution < -0.4 is 15.2 Å². The lowest BCUT2D eigenvalue weighted by Gasteiger charge is -2.17. The van der Waals surface area contributed by atoms with Crippen LogP contribution in [0.25, 0.3) is 0 Å². The Morgan fingerprint density at radius 2 is 1.86 bits per heavy atom. The van der Waals surface area contributed by atoms with Crippen molar-refractivity contribution < 1.29 is 33.8 Å². The molecule has 11 nitrogen and oxygen atoms in total. The highest BCUT2D eigenvalue weighted by Gasteiger charge is 2.21. The third-order valence-electron chi connectivity index (χ3n) is 4.02. The molecule has 0 bridgehead atoms. The average molecular weight is 399 g/mol. The van der Waals surface area contributed by atoms with Crippen LogP contribution in [0.5, 0.6) is 11.5 Å². The Kier molecular flexibility index (Phi) is 8.96. The number of hydrogen-bond donors (Lipinski definition) is 2. The molecule has 1 atom stereocenters. The van der Waals surface area contributed by atoms with Crippen molar-refractivity contribution in [3.05, 3.63) is 27.8 Å². The zero-order valence-electron chi connectivity index (χ0n) is 16.0. The van der Waals surface area contributed by atoms with Gasteiger partial charge in [0, 0.05) is 13.6 Å². The van der Waals surface area contributed by atoms with E-state index in [2.05, 4.69) is 0 Å². The molecule has 0 spiro atoms. The quantitative estimate of drug-likeness (QED) is 0.322. The predicted octanol–water partition coefficient (Wildman–Crippen LogP) is 1.76. The van der Waals surface area contributed by atoms with E-state index in [0.717, 1.165) is 0 Å². The van der Waals surface area contributed by atoms with Gasteiger partial charge in [0.25, 0.3) is 5.69 Å². The largest absolute Gasteiger partial charge is 0.493 e. The molecule has 3 N–H and O–H groups in total. The van der Waals surface area contributed by atoms with Crippen molar-refractivity contribution >= 4 is 17.7 Å². The van der Waals surface area contributed by atoms with Crippen LogP contribution in [0.1, 0.15) is 24.8 Å². The van der Waals surface area contributed by atoms with Crippen LogP contribution in [0.3, 0.4) is 0 Å². The third kappa shape index (κ3) is 6.58. The van der Waals surface area contributed by atoms with E-state index in [1.807, 2.05) is 0 Å². The van der Waals surface area contributed by atoms with Crippen LogP contribution in [0, 0.1) is 10.1 Å². The number of hydrogen-bond acceptors (Lipinski definition) is 8. The summed E-state index contributed by atoms with van der Waals surface area (Å²) in [5, 5.41) is 20.0. The number of aliphatic carboxylic acids is 1. The number of carbonyl (C=O) groups is 2. The number of unbranched alkanes of at least 4 members (excludes halogenated alkanes) is 1. The molecule has 0 unspecified atom stereocenters. The number of nitrogens with zero attached hydrogens (tertiary/aromatic N) is 2. The summed E-state index contributed by atoms with van der Waals surface area (Å²) >= 11 is 0. The highest BCUT2D eigenvalue weighted by molar-refractivity contribution is 5.72. The highest BCUT2D eigenvalue weighted by Crippen LogP contribution is 2.34. The Morgan fingerprint density at radius 1 is 1.25 bits per heavy atom. The van der Waals surface area contributed by atoms with Gasteiger partial charge < -0.3 is 30.0 Å². The van der Waals surface area contributed by atoms with Gasteiger partial charge in [-0.15, -0.1) is 0 Å². The lowest BCUT2D eigenvalue weighted by molar-refractivity contribution is -0.385. The minimum absolute atomic E-state index is 0.164. The molecule has 0 aliphatic rings. The number of nitro groups is 1. The van der Waals surface area contributed by atoms with Gasteiger partial charge in [0.1, 0.15) is 12.6 Å². The summed E-state index contributed by atoms with van der Waals surface area (Å²) in [6, 6.07) is 1.66. The number of rotatable bonds is 11. The van der Waals surface area contributed by atoms with Crippen molar-refractivity contribution in [2.75, 3.05) is 27.8 Å². The molecule has 0 saturated carbocycles. The van der Waals surface area contributed by atoms with Crippen molar-refractivity contribution in [1.29, 1.82) is 0 Å². The van der Waals surface area contributed by atoms with E-state index in [0.29, 0.717) is 25.8 Å². The zero-order valence-corrected chi connectivity index (χ0v) is 16.0. The van der Waals surface area contributed by atoms with E-state index in [4.69, 9.17) is 25.1 Å². The smallest absolute Gasteiger partial charge is 0.409 e. The standard InChI is InChI=1S/C17H25N3O8/c1-19(7-5-4-6-12(18)16(21)22)17(23)28-10-11-8-14(26-2)15(27-3)9-13(11)20(24)25/h8-9,12H,4-7,10,18H2,1-3H3,(H,21,22)/t12-/m0/s1. The minimum Gasteiger partial charge on any atom is -0.493 e. The molecule has 0 aliphatic carbocycles. The number of amides is 1. The van der Waals surface area contributed by atoms with Crippen LogP contribution in [-0.4, -0.2) is 60.8 Å². The minimum atomic E-state index is -1.07. The van der Waals surface area contributed by atoms with Gasteiger partial charge >= 0.3 is 12.1 Å². The molecule has 1 amide bonds. The van der Waals surface area contributed by atoms with E-state index in [1.54, 1.807) is 0 Å². The topological polar surface area (TPSA) is 154 Å². The monoisotopic (exact) mass is 399 g/mol. The second-order valence-electron chi connectivity index (χ2n) is 6.01. The van der Waals surface area contributed by atoms with Crippen LogP contribution in [0.4, 0.5) is 10.5 Å². The first kappa shape index (κ1) is 23.0. The Hall–Kier alpha value is -3.08. The molecule has 28 heavy (non-hydrogen) atoms. The van der Waals surface area contributed by atoms with E-state index >= 15 is 0 Å². The van der Waals surface area contributed by atoms with Crippen molar-refractivity contribution in [2.45, 2.75) is 31.9 Å². The van der Waals surface area contributed by atoms with Gasteiger partial charge in [-0.25, -0.2) is 4.79 Å². The molecule has 0 heterocycles. The number of carboxylic acid groups (broad SMARTS) is 1. The molecular formula is C17H25N3O8. The summed E-state index contributed by atoms with van der Waals surface area (Å²) < 4.78 is 15.3. The van der Waals surface area contributed by atoms with Gasteiger partial charge in [0.2, 0.25) is 0 Å². The van der Waals surface area contributed by atoms with Gasteiger partial charge in [-0.1, -0.05) is 0 Å². The summed E-state index contributed by atoms with van der Waals surface area (Å²) in [5.41, 5.74) is 5.32. The second-order valence-corrected chi connectivity index (χ2v) is 6.01. The summed E-state index contributed by atoms with van der Waals surface area (Å²) in [6.07, 6.45) is 0.720. The Morgan fingerprint density at radius 3 is 2.39 bits per heavy atom. The van der Waals surface area contributed by atoms with Gasteiger partial charge in [-0.2, -0.15) is 0 Å². The maximum Gasteiger partial charge on any atom is 0.409 e. The van der Waals surface area contributed by atoms with Crippen molar-refractivity contribution in [1.82, 2.24) is 4.90 Å². The van der Waals surface area contributed by atoms with Crippen LogP contribution in [-0.2, 0) is 16.1 Å². The maximum absolute atomic E-state index is 12.1. The number of ether oxygens (including phenoxy) is 3. The van der Waals surface area contributed by atoms with Crippen LogP contribution in [0.2, 0.25) is 0 Å². The Balaban J connectivity index is 2.64. The summed E-state index contributed by atoms with van der Waals surface area (Å²) in [5.74, 6) is -0.590. The molecule has 0 saturated heterocycles. The number of nitrogens with two attached hydrogens (primary N) is 1. The van der Waals surface area contributed by atoms with Gasteiger partial charge in [-0.3, -0.25) is 14.9 Å². The van der Waals surface area contributed by atoms with Crippen molar-refractivity contribution in [2.24, 2.45) is 5.73 Å². The number of carboxylic acids is 1. The molecule has 0 radical (unpaired) electrons. The van der Waals surface area contributed by atoms with Gasteiger partial charge in [0.05, 0.1) is 30.8 Å². The first-order valence-electron chi connectivity index (χ1n) is 8.46. The fourth-order valence-electron chi connectivity index (χ4n) is 2.37. The predicted molar refractivity (Wildman–Crippen MR) is 98.5 cm³/mol. The normalized spacial score (nSPS) is 11.4. The van der Waals surface area contributed by atoms with Gasteiger partial charge in [-0.05, 0) is 25.3 Å². The first-order valence-corrected chi connectivity index (χ1v) is 8.46. The maximum atomic E-state index is 12.1. The Bertz CT molecular complexity index is 710. The first-order chi connectivity index (χ1) is 13.2. The molecule has 0 fully saturated rings. The molecule has 0 aliphatic heterocycles. The van der Waals surface area contributed by atoms with E-state index in [1.165, 1.54) is 38.3 Å². The van der Waals surface area contributed by atoms with Crippen molar-refractivity contribution in [3.63, 3.8) is 0 Å². The molecule has 1 rings (SSSR count). The number of methoxy groups -OCH3 is 2. The molecule has 1 aromatic rings. The van der Waals surface area contributed by atoms with E-state index in [9.17, 15) is 19.7 Å². The number of nitro benzene ring substituents is 1.